The van der Waals surface area contributed by atoms with E-state index in [1.54, 1.807) is 12.1 Å². The first-order valence-corrected chi connectivity index (χ1v) is 6.51. The number of benzene rings is 2. The number of nitrogens with one attached hydrogen (secondary N) is 2. The minimum atomic E-state index is -1.90. The quantitative estimate of drug-likeness (QED) is 0.542. The van der Waals surface area contributed by atoms with Crippen LogP contribution in [0.4, 0.5) is 8.78 Å². The number of H-pyrrole nitrogens is 2. The van der Waals surface area contributed by atoms with Crippen molar-refractivity contribution in [2.45, 2.75) is 6.37 Å². The Hall–Kier alpha value is -2.62. The lowest BCUT2D eigenvalue weighted by Crippen LogP contribution is -1.86. The molecule has 4 rings (SSSR count). The molecule has 0 amide bonds. The molecule has 2 aromatic carbocycles. The molecule has 104 valence electrons. The third-order valence-electron chi connectivity index (χ3n) is 3.56. The Labute approximate surface area is 122 Å². The summed E-state index contributed by atoms with van der Waals surface area (Å²) in [5, 5.41) is 0.946. The van der Waals surface area contributed by atoms with E-state index in [1.165, 1.54) is 36.7 Å². The zero-order valence-corrected chi connectivity index (χ0v) is 10.9. The van der Waals surface area contributed by atoms with Crippen molar-refractivity contribution < 1.29 is 11.5 Å². The number of aromatic amines is 2. The standard InChI is InChI=1S/C17H12F2N2/c18-12-1-3-16-14(6-12)10(8-20-16)5-11-9-21-17-4-2-13(19)7-15(11)17/h1-4,6-9,20-21H,5H2/i5D2. The fourth-order valence-electron chi connectivity index (χ4n) is 2.54. The lowest BCUT2D eigenvalue weighted by atomic mass is 10.0. The predicted molar refractivity (Wildman–Crippen MR) is 79.3 cm³/mol. The van der Waals surface area contributed by atoms with E-state index >= 15 is 0 Å². The third kappa shape index (κ3) is 2.00. The van der Waals surface area contributed by atoms with Crippen LogP contribution in [0.5, 0.6) is 0 Å². The molecule has 4 aromatic rings. The lowest BCUT2D eigenvalue weighted by molar-refractivity contribution is 0.629. The van der Waals surface area contributed by atoms with Gasteiger partial charge in [0, 0.05) is 43.3 Å². The summed E-state index contributed by atoms with van der Waals surface area (Å²) < 4.78 is 44.1. The van der Waals surface area contributed by atoms with Crippen LogP contribution in [0.25, 0.3) is 21.8 Å². The van der Waals surface area contributed by atoms with Gasteiger partial charge in [-0.2, -0.15) is 0 Å². The van der Waals surface area contributed by atoms with Gasteiger partial charge in [-0.3, -0.25) is 0 Å². The van der Waals surface area contributed by atoms with Gasteiger partial charge in [-0.25, -0.2) is 8.78 Å². The van der Waals surface area contributed by atoms with Crippen LogP contribution in [0, 0.1) is 11.6 Å². The van der Waals surface area contributed by atoms with Crippen LogP contribution in [-0.2, 0) is 6.37 Å². The molecule has 0 saturated heterocycles. The van der Waals surface area contributed by atoms with E-state index in [1.807, 2.05) is 0 Å². The maximum atomic E-state index is 13.5. The zero-order valence-electron chi connectivity index (χ0n) is 12.9. The Morgan fingerprint density at radius 2 is 1.29 bits per heavy atom. The molecule has 0 bridgehead atoms. The maximum absolute atomic E-state index is 13.5. The molecule has 0 aliphatic carbocycles. The summed E-state index contributed by atoms with van der Waals surface area (Å²) in [6.07, 6.45) is 1.16. The monoisotopic (exact) mass is 284 g/mol. The van der Waals surface area contributed by atoms with Crippen molar-refractivity contribution in [1.82, 2.24) is 9.97 Å². The van der Waals surface area contributed by atoms with E-state index in [0.29, 0.717) is 32.9 Å². The molecule has 0 fully saturated rings. The normalized spacial score (nSPS) is 13.6. The first-order valence-electron chi connectivity index (χ1n) is 7.51. The average Bonchev–Trinajstić information content (AvgIpc) is 3.10. The van der Waals surface area contributed by atoms with Gasteiger partial charge in [0.05, 0.1) is 0 Å². The Kier molecular flexibility index (Phi) is 2.15. The maximum Gasteiger partial charge on any atom is 0.123 e. The van der Waals surface area contributed by atoms with Gasteiger partial charge in [-0.15, -0.1) is 0 Å². The summed E-state index contributed by atoms with van der Waals surface area (Å²) in [6.45, 7) is 0. The molecule has 21 heavy (non-hydrogen) atoms. The summed E-state index contributed by atoms with van der Waals surface area (Å²) in [5.41, 5.74) is 1.93. The number of hydrogen-bond donors (Lipinski definition) is 2. The second-order valence-corrected chi connectivity index (χ2v) is 4.91. The largest absolute Gasteiger partial charge is 0.361 e. The summed E-state index contributed by atoms with van der Waals surface area (Å²) >= 11 is 0. The smallest absolute Gasteiger partial charge is 0.123 e. The Bertz CT molecular complexity index is 952. The van der Waals surface area contributed by atoms with Gasteiger partial charge in [0.2, 0.25) is 0 Å². The molecule has 0 spiro atoms. The Morgan fingerprint density at radius 1 is 0.810 bits per heavy atom. The van der Waals surface area contributed by atoms with E-state index in [4.69, 9.17) is 2.74 Å². The molecule has 2 heterocycles. The Balaban J connectivity index is 1.97. The van der Waals surface area contributed by atoms with Crippen molar-refractivity contribution in [2.75, 3.05) is 0 Å². The van der Waals surface area contributed by atoms with E-state index in [0.717, 1.165) is 0 Å². The first kappa shape index (κ1) is 10.2. The van der Waals surface area contributed by atoms with Crippen LogP contribution >= 0.6 is 0 Å². The van der Waals surface area contributed by atoms with Crippen molar-refractivity contribution in [1.29, 1.82) is 0 Å². The minimum Gasteiger partial charge on any atom is -0.361 e. The number of fused-ring (bicyclic) bond motifs is 2. The van der Waals surface area contributed by atoms with E-state index < -0.39 is 18.0 Å². The van der Waals surface area contributed by atoms with Crippen molar-refractivity contribution >= 4 is 21.8 Å². The van der Waals surface area contributed by atoms with E-state index in [-0.39, 0.29) is 0 Å². The second-order valence-electron chi connectivity index (χ2n) is 4.91. The molecule has 2 aromatic heterocycles. The third-order valence-corrected chi connectivity index (χ3v) is 3.56. The summed E-state index contributed by atoms with van der Waals surface area (Å²) in [4.78, 5) is 5.90. The zero-order chi connectivity index (χ0) is 16.2. The molecule has 0 aliphatic heterocycles. The number of hydrogen-bond acceptors (Lipinski definition) is 0. The Morgan fingerprint density at radius 3 is 1.76 bits per heavy atom. The van der Waals surface area contributed by atoms with E-state index in [2.05, 4.69) is 9.97 Å². The van der Waals surface area contributed by atoms with Gasteiger partial charge in [0.15, 0.2) is 0 Å². The molecule has 4 heteroatoms. The average molecular weight is 284 g/mol. The first-order chi connectivity index (χ1) is 11.0. The summed E-state index contributed by atoms with van der Waals surface area (Å²) in [5.74, 6) is -0.863. The van der Waals surface area contributed by atoms with Crippen LogP contribution in [-0.4, -0.2) is 9.97 Å². The predicted octanol–water partition coefficient (Wildman–Crippen LogP) is 4.52. The van der Waals surface area contributed by atoms with Crippen LogP contribution < -0.4 is 0 Å². The number of halogens is 2. The van der Waals surface area contributed by atoms with Crippen LogP contribution in [0.3, 0.4) is 0 Å². The van der Waals surface area contributed by atoms with Gasteiger partial charge in [0.25, 0.3) is 0 Å². The fourth-order valence-corrected chi connectivity index (χ4v) is 2.54. The molecule has 0 saturated carbocycles. The molecule has 0 radical (unpaired) electrons. The summed E-state index contributed by atoms with van der Waals surface area (Å²) in [6, 6.07) is 8.37. The molecule has 0 atom stereocenters. The molecule has 0 aliphatic rings. The van der Waals surface area contributed by atoms with Crippen LogP contribution in [0.2, 0.25) is 0 Å². The lowest BCUT2D eigenvalue weighted by Gasteiger charge is -2.00. The van der Waals surface area contributed by atoms with Crippen molar-refractivity contribution in [3.8, 4) is 0 Å². The van der Waals surface area contributed by atoms with Crippen molar-refractivity contribution in [3.63, 3.8) is 0 Å². The minimum absolute atomic E-state index is 0.317. The second kappa shape index (κ2) is 4.45. The highest BCUT2D eigenvalue weighted by Gasteiger charge is 2.10. The summed E-state index contributed by atoms with van der Waals surface area (Å²) in [7, 11) is 0. The van der Waals surface area contributed by atoms with Crippen LogP contribution in [0.15, 0.2) is 48.8 Å². The fraction of sp³-hybridized carbons (Fsp3) is 0.0588. The van der Waals surface area contributed by atoms with Gasteiger partial charge in [0.1, 0.15) is 11.6 Å². The van der Waals surface area contributed by atoms with Gasteiger partial charge < -0.3 is 9.97 Å². The van der Waals surface area contributed by atoms with Crippen molar-refractivity contribution in [3.05, 3.63) is 71.6 Å². The van der Waals surface area contributed by atoms with Gasteiger partial charge in [-0.05, 0) is 47.5 Å². The highest BCUT2D eigenvalue weighted by atomic mass is 19.1. The van der Waals surface area contributed by atoms with Crippen molar-refractivity contribution in [2.24, 2.45) is 0 Å². The topological polar surface area (TPSA) is 31.6 Å². The molecule has 2 N–H and O–H groups in total. The highest BCUT2D eigenvalue weighted by molar-refractivity contribution is 5.86. The van der Waals surface area contributed by atoms with Gasteiger partial charge >= 0.3 is 0 Å². The molecular formula is C17H12F2N2. The van der Waals surface area contributed by atoms with Crippen LogP contribution in [0.1, 0.15) is 13.9 Å². The number of rotatable bonds is 2. The molecule has 0 unspecified atom stereocenters. The van der Waals surface area contributed by atoms with Gasteiger partial charge in [-0.1, -0.05) is 0 Å². The number of aromatic nitrogens is 2. The SMILES string of the molecule is [2H]C([2H])(c1c[nH]c2ccc(F)cc12)c1c[nH]c2ccc(F)cc12. The van der Waals surface area contributed by atoms with E-state index in [9.17, 15) is 8.78 Å². The molecular weight excluding hydrogens is 270 g/mol. The highest BCUT2D eigenvalue weighted by Crippen LogP contribution is 2.26. The molecule has 2 nitrogen and oxygen atoms in total.